The van der Waals surface area contributed by atoms with E-state index < -0.39 is 5.91 Å². The normalized spacial score (nSPS) is 15.7. The molecular formula is C16H21N5O2. The lowest BCUT2D eigenvalue weighted by atomic mass is 9.95. The minimum atomic E-state index is -0.640. The minimum absolute atomic E-state index is 0.0648. The molecule has 2 aromatic rings. The Morgan fingerprint density at radius 1 is 1.30 bits per heavy atom. The molecule has 1 aliphatic heterocycles. The van der Waals surface area contributed by atoms with Gasteiger partial charge in [0.2, 0.25) is 0 Å². The Morgan fingerprint density at radius 3 is 2.83 bits per heavy atom. The summed E-state index contributed by atoms with van der Waals surface area (Å²) in [4.78, 5) is 30.6. The van der Waals surface area contributed by atoms with Gasteiger partial charge in [0.05, 0.1) is 11.1 Å². The molecule has 1 aromatic heterocycles. The summed E-state index contributed by atoms with van der Waals surface area (Å²) in [6, 6.07) is 5.22. The molecule has 1 aromatic carbocycles. The zero-order valence-corrected chi connectivity index (χ0v) is 12.9. The van der Waals surface area contributed by atoms with E-state index in [0.717, 1.165) is 32.4 Å². The SMILES string of the molecule is NC(=O)c1nc2c(C(=O)NCCC3CCNCC3)cccc2[nH]1. The number of carbonyl (C=O) groups is 2. The van der Waals surface area contributed by atoms with E-state index in [9.17, 15) is 9.59 Å². The van der Waals surface area contributed by atoms with Crippen molar-refractivity contribution in [1.29, 1.82) is 0 Å². The fourth-order valence-corrected chi connectivity index (χ4v) is 2.99. The summed E-state index contributed by atoms with van der Waals surface area (Å²) in [5, 5.41) is 6.28. The summed E-state index contributed by atoms with van der Waals surface area (Å²) in [7, 11) is 0. The van der Waals surface area contributed by atoms with Crippen molar-refractivity contribution in [2.45, 2.75) is 19.3 Å². The van der Waals surface area contributed by atoms with Gasteiger partial charge in [-0.15, -0.1) is 0 Å². The largest absolute Gasteiger partial charge is 0.363 e. The minimum Gasteiger partial charge on any atom is -0.363 e. The summed E-state index contributed by atoms with van der Waals surface area (Å²) < 4.78 is 0. The number of piperidine rings is 1. The first-order valence-electron chi connectivity index (χ1n) is 7.92. The predicted molar refractivity (Wildman–Crippen MR) is 87.2 cm³/mol. The molecule has 5 N–H and O–H groups in total. The number of aromatic nitrogens is 2. The van der Waals surface area contributed by atoms with Crippen molar-refractivity contribution in [3.8, 4) is 0 Å². The van der Waals surface area contributed by atoms with Gasteiger partial charge in [0.15, 0.2) is 5.82 Å². The number of imidazole rings is 1. The molecule has 2 heterocycles. The molecule has 1 saturated heterocycles. The topological polar surface area (TPSA) is 113 Å². The van der Waals surface area contributed by atoms with Crippen LogP contribution in [-0.4, -0.2) is 41.4 Å². The van der Waals surface area contributed by atoms with Crippen molar-refractivity contribution < 1.29 is 9.59 Å². The van der Waals surface area contributed by atoms with E-state index in [1.807, 2.05) is 0 Å². The number of primary amides is 1. The van der Waals surface area contributed by atoms with Crippen LogP contribution in [0.5, 0.6) is 0 Å². The molecule has 0 bridgehead atoms. The van der Waals surface area contributed by atoms with Gasteiger partial charge in [-0.1, -0.05) is 6.07 Å². The van der Waals surface area contributed by atoms with Crippen LogP contribution in [0.2, 0.25) is 0 Å². The van der Waals surface area contributed by atoms with Crippen molar-refractivity contribution >= 4 is 22.8 Å². The maximum atomic E-state index is 12.4. The Bertz CT molecular complexity index is 718. The highest BCUT2D eigenvalue weighted by molar-refractivity contribution is 6.06. The Labute approximate surface area is 134 Å². The molecule has 3 rings (SSSR count). The highest BCUT2D eigenvalue weighted by Gasteiger charge is 2.16. The molecule has 0 unspecified atom stereocenters. The second kappa shape index (κ2) is 6.78. The van der Waals surface area contributed by atoms with Crippen LogP contribution < -0.4 is 16.4 Å². The van der Waals surface area contributed by atoms with Gasteiger partial charge in [0, 0.05) is 6.54 Å². The van der Waals surface area contributed by atoms with Gasteiger partial charge in [0.1, 0.15) is 5.52 Å². The first-order chi connectivity index (χ1) is 11.1. The van der Waals surface area contributed by atoms with E-state index in [1.165, 1.54) is 0 Å². The van der Waals surface area contributed by atoms with Crippen molar-refractivity contribution in [2.24, 2.45) is 11.7 Å². The van der Waals surface area contributed by atoms with Crippen LogP contribution in [0.3, 0.4) is 0 Å². The third kappa shape index (κ3) is 3.50. The van der Waals surface area contributed by atoms with Crippen LogP contribution in [0.4, 0.5) is 0 Å². The fraction of sp³-hybridized carbons (Fsp3) is 0.438. The third-order valence-electron chi connectivity index (χ3n) is 4.29. The lowest BCUT2D eigenvalue weighted by Crippen LogP contribution is -2.31. The number of fused-ring (bicyclic) bond motifs is 1. The number of nitrogens with zero attached hydrogens (tertiary/aromatic N) is 1. The number of hydrogen-bond acceptors (Lipinski definition) is 4. The number of carbonyl (C=O) groups excluding carboxylic acids is 2. The van der Waals surface area contributed by atoms with E-state index >= 15 is 0 Å². The van der Waals surface area contributed by atoms with Crippen LogP contribution >= 0.6 is 0 Å². The Morgan fingerprint density at radius 2 is 2.09 bits per heavy atom. The second-order valence-electron chi connectivity index (χ2n) is 5.89. The summed E-state index contributed by atoms with van der Waals surface area (Å²) in [6.45, 7) is 2.76. The standard InChI is InChI=1S/C16H21N5O2/c17-14(22)15-20-12-3-1-2-11(13(12)21-15)16(23)19-9-6-10-4-7-18-8-5-10/h1-3,10,18H,4-9H2,(H2,17,22)(H,19,23)(H,20,21). The molecule has 0 spiro atoms. The molecule has 0 radical (unpaired) electrons. The molecule has 23 heavy (non-hydrogen) atoms. The number of aromatic amines is 1. The van der Waals surface area contributed by atoms with Gasteiger partial charge >= 0.3 is 0 Å². The molecule has 0 saturated carbocycles. The summed E-state index contributed by atoms with van der Waals surface area (Å²) in [5.74, 6) is -0.0836. The first-order valence-corrected chi connectivity index (χ1v) is 7.92. The van der Waals surface area contributed by atoms with Gasteiger partial charge in [-0.05, 0) is 50.4 Å². The van der Waals surface area contributed by atoms with E-state index in [4.69, 9.17) is 5.73 Å². The predicted octanol–water partition coefficient (Wildman–Crippen LogP) is 0.781. The highest BCUT2D eigenvalue weighted by atomic mass is 16.2. The number of rotatable bonds is 5. The van der Waals surface area contributed by atoms with Crippen LogP contribution in [0.25, 0.3) is 11.0 Å². The first kappa shape index (κ1) is 15.5. The van der Waals surface area contributed by atoms with E-state index in [2.05, 4.69) is 20.6 Å². The van der Waals surface area contributed by atoms with Gasteiger partial charge in [-0.25, -0.2) is 4.98 Å². The number of nitrogens with two attached hydrogens (primary N) is 1. The van der Waals surface area contributed by atoms with E-state index in [-0.39, 0.29) is 11.7 Å². The van der Waals surface area contributed by atoms with Crippen molar-refractivity contribution in [3.63, 3.8) is 0 Å². The van der Waals surface area contributed by atoms with Gasteiger partial charge in [0.25, 0.3) is 11.8 Å². The van der Waals surface area contributed by atoms with E-state index in [0.29, 0.717) is 29.1 Å². The molecule has 1 fully saturated rings. The molecule has 0 atom stereocenters. The number of benzene rings is 1. The number of hydrogen-bond donors (Lipinski definition) is 4. The second-order valence-corrected chi connectivity index (χ2v) is 5.89. The zero-order valence-electron chi connectivity index (χ0n) is 12.9. The highest BCUT2D eigenvalue weighted by Crippen LogP contribution is 2.17. The van der Waals surface area contributed by atoms with Crippen molar-refractivity contribution in [2.75, 3.05) is 19.6 Å². The zero-order chi connectivity index (χ0) is 16.2. The maximum absolute atomic E-state index is 12.4. The third-order valence-corrected chi connectivity index (χ3v) is 4.29. The van der Waals surface area contributed by atoms with Crippen molar-refractivity contribution in [3.05, 3.63) is 29.6 Å². The summed E-state index contributed by atoms with van der Waals surface area (Å²) >= 11 is 0. The number of H-pyrrole nitrogens is 1. The van der Waals surface area contributed by atoms with Crippen LogP contribution in [0.15, 0.2) is 18.2 Å². The molecular weight excluding hydrogens is 294 g/mol. The Hall–Kier alpha value is -2.41. The average Bonchev–Trinajstić information content (AvgIpc) is 3.00. The van der Waals surface area contributed by atoms with Crippen LogP contribution in [0, 0.1) is 5.92 Å². The van der Waals surface area contributed by atoms with Gasteiger partial charge in [-0.3, -0.25) is 9.59 Å². The van der Waals surface area contributed by atoms with Crippen molar-refractivity contribution in [1.82, 2.24) is 20.6 Å². The molecule has 0 aliphatic carbocycles. The van der Waals surface area contributed by atoms with Crippen LogP contribution in [-0.2, 0) is 0 Å². The summed E-state index contributed by atoms with van der Waals surface area (Å²) in [5.41, 5.74) is 6.79. The van der Waals surface area contributed by atoms with Crippen LogP contribution in [0.1, 0.15) is 40.2 Å². The quantitative estimate of drug-likeness (QED) is 0.653. The molecule has 7 nitrogen and oxygen atoms in total. The Kier molecular flexibility index (Phi) is 4.57. The number of amides is 2. The fourth-order valence-electron chi connectivity index (χ4n) is 2.99. The Balaban J connectivity index is 1.66. The van der Waals surface area contributed by atoms with Gasteiger partial charge < -0.3 is 21.4 Å². The number of para-hydroxylation sites is 1. The molecule has 7 heteroatoms. The molecule has 2 amide bonds. The smallest absolute Gasteiger partial charge is 0.284 e. The summed E-state index contributed by atoms with van der Waals surface area (Å²) in [6.07, 6.45) is 3.30. The molecule has 122 valence electrons. The molecule has 1 aliphatic rings. The monoisotopic (exact) mass is 315 g/mol. The van der Waals surface area contributed by atoms with E-state index in [1.54, 1.807) is 18.2 Å². The average molecular weight is 315 g/mol. The maximum Gasteiger partial charge on any atom is 0.284 e. The van der Waals surface area contributed by atoms with Gasteiger partial charge in [-0.2, -0.15) is 0 Å². The lowest BCUT2D eigenvalue weighted by molar-refractivity contribution is 0.0949. The lowest BCUT2D eigenvalue weighted by Gasteiger charge is -2.22. The number of nitrogens with one attached hydrogen (secondary N) is 3.